The van der Waals surface area contributed by atoms with Crippen LogP contribution in [-0.2, 0) is 11.3 Å². The highest BCUT2D eigenvalue weighted by atomic mass is 16.6. The highest BCUT2D eigenvalue weighted by Crippen LogP contribution is 2.27. The Balaban J connectivity index is 1.42. The van der Waals surface area contributed by atoms with E-state index in [0.29, 0.717) is 13.1 Å². The Morgan fingerprint density at radius 1 is 1.08 bits per heavy atom. The largest absolute Gasteiger partial charge is 0.439 e. The number of carbonyl (C=O) groups is 1. The third kappa shape index (κ3) is 3.59. The SMILES string of the molecule is O=C1O[C@H](c2ccccc2)CN1Cc1ccc(C2=CCNCC2)cc1. The number of rotatable bonds is 4. The summed E-state index contributed by atoms with van der Waals surface area (Å²) in [4.78, 5) is 13.9. The summed E-state index contributed by atoms with van der Waals surface area (Å²) in [6, 6.07) is 18.5. The Bertz CT molecular complexity index is 768. The number of hydrogen-bond donors (Lipinski definition) is 1. The number of hydrogen-bond acceptors (Lipinski definition) is 3. The molecule has 1 atom stereocenters. The average Bonchev–Trinajstić information content (AvgIpc) is 3.04. The summed E-state index contributed by atoms with van der Waals surface area (Å²) in [5, 5.41) is 3.33. The van der Waals surface area contributed by atoms with Crippen molar-refractivity contribution in [1.82, 2.24) is 10.2 Å². The monoisotopic (exact) mass is 334 g/mol. The summed E-state index contributed by atoms with van der Waals surface area (Å²) in [6.07, 6.45) is 2.91. The van der Waals surface area contributed by atoms with Crippen LogP contribution in [0.15, 0.2) is 60.7 Å². The normalized spacial score (nSPS) is 20.3. The van der Waals surface area contributed by atoms with Gasteiger partial charge in [0.25, 0.3) is 0 Å². The zero-order chi connectivity index (χ0) is 17.1. The molecule has 0 aliphatic carbocycles. The van der Waals surface area contributed by atoms with Crippen molar-refractivity contribution in [3.63, 3.8) is 0 Å². The minimum atomic E-state index is -0.237. The zero-order valence-electron chi connectivity index (χ0n) is 14.2. The van der Waals surface area contributed by atoms with E-state index < -0.39 is 0 Å². The highest BCUT2D eigenvalue weighted by Gasteiger charge is 2.32. The van der Waals surface area contributed by atoms with E-state index in [-0.39, 0.29) is 12.2 Å². The van der Waals surface area contributed by atoms with E-state index in [0.717, 1.165) is 30.6 Å². The summed E-state index contributed by atoms with van der Waals surface area (Å²) in [6.45, 7) is 3.16. The predicted octanol–water partition coefficient (Wildman–Crippen LogP) is 3.76. The maximum absolute atomic E-state index is 12.2. The third-order valence-corrected chi connectivity index (χ3v) is 4.82. The fourth-order valence-corrected chi connectivity index (χ4v) is 3.41. The Labute approximate surface area is 148 Å². The minimum Gasteiger partial charge on any atom is -0.439 e. The van der Waals surface area contributed by atoms with Crippen molar-refractivity contribution in [3.8, 4) is 0 Å². The van der Waals surface area contributed by atoms with Gasteiger partial charge >= 0.3 is 6.09 Å². The lowest BCUT2D eigenvalue weighted by molar-refractivity contribution is 0.132. The molecule has 2 aliphatic heterocycles. The van der Waals surface area contributed by atoms with Gasteiger partial charge in [-0.2, -0.15) is 0 Å². The number of nitrogens with one attached hydrogen (secondary N) is 1. The number of cyclic esters (lactones) is 1. The molecule has 0 radical (unpaired) electrons. The van der Waals surface area contributed by atoms with E-state index in [4.69, 9.17) is 4.74 Å². The highest BCUT2D eigenvalue weighted by molar-refractivity contribution is 5.70. The van der Waals surface area contributed by atoms with Crippen LogP contribution in [0.3, 0.4) is 0 Å². The average molecular weight is 334 g/mol. The van der Waals surface area contributed by atoms with Crippen LogP contribution >= 0.6 is 0 Å². The molecule has 2 aromatic carbocycles. The Hall–Kier alpha value is -2.59. The maximum atomic E-state index is 12.2. The summed E-state index contributed by atoms with van der Waals surface area (Å²) in [5.41, 5.74) is 4.85. The van der Waals surface area contributed by atoms with Crippen molar-refractivity contribution < 1.29 is 9.53 Å². The molecular formula is C21H22N2O2. The summed E-state index contributed by atoms with van der Waals surface area (Å²) in [7, 11) is 0. The second-order valence-corrected chi connectivity index (χ2v) is 6.54. The molecule has 4 heteroatoms. The molecule has 0 bridgehead atoms. The minimum absolute atomic E-state index is 0.173. The molecule has 1 N–H and O–H groups in total. The van der Waals surface area contributed by atoms with E-state index in [9.17, 15) is 4.79 Å². The first-order valence-corrected chi connectivity index (χ1v) is 8.79. The van der Waals surface area contributed by atoms with Crippen LogP contribution in [0, 0.1) is 0 Å². The van der Waals surface area contributed by atoms with Gasteiger partial charge in [0.05, 0.1) is 6.54 Å². The number of amides is 1. The maximum Gasteiger partial charge on any atom is 0.410 e. The third-order valence-electron chi connectivity index (χ3n) is 4.82. The van der Waals surface area contributed by atoms with E-state index in [2.05, 4.69) is 35.7 Å². The lowest BCUT2D eigenvalue weighted by Crippen LogP contribution is -2.23. The molecule has 0 saturated carbocycles. The van der Waals surface area contributed by atoms with Gasteiger partial charge in [-0.1, -0.05) is 60.7 Å². The van der Waals surface area contributed by atoms with Gasteiger partial charge in [-0.15, -0.1) is 0 Å². The van der Waals surface area contributed by atoms with Crippen molar-refractivity contribution in [3.05, 3.63) is 77.4 Å². The van der Waals surface area contributed by atoms with Gasteiger partial charge in [-0.3, -0.25) is 4.90 Å². The van der Waals surface area contributed by atoms with Crippen molar-refractivity contribution in [2.45, 2.75) is 19.1 Å². The van der Waals surface area contributed by atoms with Gasteiger partial charge < -0.3 is 10.1 Å². The van der Waals surface area contributed by atoms with Gasteiger partial charge in [-0.25, -0.2) is 4.79 Å². The molecule has 2 aliphatic rings. The molecule has 0 aromatic heterocycles. The molecule has 2 aromatic rings. The topological polar surface area (TPSA) is 41.6 Å². The van der Waals surface area contributed by atoms with Crippen LogP contribution in [-0.4, -0.2) is 30.6 Å². The van der Waals surface area contributed by atoms with Gasteiger partial charge in [0.15, 0.2) is 0 Å². The quantitative estimate of drug-likeness (QED) is 0.926. The van der Waals surface area contributed by atoms with Crippen LogP contribution in [0.5, 0.6) is 0 Å². The molecule has 128 valence electrons. The van der Waals surface area contributed by atoms with Crippen molar-refractivity contribution in [2.75, 3.05) is 19.6 Å². The fraction of sp³-hybridized carbons (Fsp3) is 0.286. The molecule has 4 nitrogen and oxygen atoms in total. The van der Waals surface area contributed by atoms with Crippen LogP contribution < -0.4 is 5.32 Å². The Morgan fingerprint density at radius 2 is 1.88 bits per heavy atom. The first-order valence-electron chi connectivity index (χ1n) is 8.79. The van der Waals surface area contributed by atoms with Gasteiger partial charge in [0, 0.05) is 13.1 Å². The molecular weight excluding hydrogens is 312 g/mol. The summed E-state index contributed by atoms with van der Waals surface area (Å²) >= 11 is 0. The van der Waals surface area contributed by atoms with Crippen LogP contribution in [0.4, 0.5) is 4.79 Å². The molecule has 1 fully saturated rings. The van der Waals surface area contributed by atoms with E-state index in [1.807, 2.05) is 30.3 Å². The fourth-order valence-electron chi connectivity index (χ4n) is 3.41. The molecule has 1 amide bonds. The second kappa shape index (κ2) is 7.11. The van der Waals surface area contributed by atoms with Crippen LogP contribution in [0.2, 0.25) is 0 Å². The molecule has 2 heterocycles. The second-order valence-electron chi connectivity index (χ2n) is 6.54. The Morgan fingerprint density at radius 3 is 2.60 bits per heavy atom. The lowest BCUT2D eigenvalue weighted by atomic mass is 9.99. The molecule has 0 unspecified atom stereocenters. The zero-order valence-corrected chi connectivity index (χ0v) is 14.2. The standard InChI is InChI=1S/C21H22N2O2/c24-21-23(15-20(25-21)19-4-2-1-3-5-19)14-16-6-8-17(9-7-16)18-10-12-22-13-11-18/h1-10,20,22H,11-15H2/t20-/m0/s1. The predicted molar refractivity (Wildman–Crippen MR) is 98.0 cm³/mol. The van der Waals surface area contributed by atoms with E-state index in [1.54, 1.807) is 4.90 Å². The van der Waals surface area contributed by atoms with Crippen LogP contribution in [0.25, 0.3) is 5.57 Å². The molecule has 25 heavy (non-hydrogen) atoms. The number of carbonyl (C=O) groups excluding carboxylic acids is 1. The summed E-state index contributed by atoms with van der Waals surface area (Å²) < 4.78 is 5.52. The van der Waals surface area contributed by atoms with Gasteiger partial charge in [0.2, 0.25) is 0 Å². The van der Waals surface area contributed by atoms with E-state index >= 15 is 0 Å². The smallest absolute Gasteiger partial charge is 0.410 e. The van der Waals surface area contributed by atoms with Gasteiger partial charge in [-0.05, 0) is 35.2 Å². The molecule has 0 spiro atoms. The first-order chi connectivity index (χ1) is 12.3. The van der Waals surface area contributed by atoms with Crippen molar-refractivity contribution >= 4 is 11.7 Å². The molecule has 1 saturated heterocycles. The summed E-state index contributed by atoms with van der Waals surface area (Å²) in [5.74, 6) is 0. The number of nitrogens with zero attached hydrogens (tertiary/aromatic N) is 1. The van der Waals surface area contributed by atoms with Crippen LogP contribution in [0.1, 0.15) is 29.2 Å². The Kier molecular flexibility index (Phi) is 4.53. The van der Waals surface area contributed by atoms with Gasteiger partial charge in [0.1, 0.15) is 6.10 Å². The number of benzene rings is 2. The first kappa shape index (κ1) is 15.9. The number of ether oxygens (including phenoxy) is 1. The van der Waals surface area contributed by atoms with E-state index in [1.165, 1.54) is 11.1 Å². The van der Waals surface area contributed by atoms with Crippen molar-refractivity contribution in [1.29, 1.82) is 0 Å². The molecule has 4 rings (SSSR count). The van der Waals surface area contributed by atoms with Crippen molar-refractivity contribution in [2.24, 2.45) is 0 Å². The lowest BCUT2D eigenvalue weighted by Gasteiger charge is -2.16.